The number of hydrogen-bond donors (Lipinski definition) is 3. The summed E-state index contributed by atoms with van der Waals surface area (Å²) in [5.74, 6) is 1.59. The van der Waals surface area contributed by atoms with Crippen molar-refractivity contribution in [3.8, 4) is 33.4 Å². The Labute approximate surface area is 345 Å². The number of hydrogen-bond acceptors (Lipinski definition) is 3. The second-order valence-corrected chi connectivity index (χ2v) is 17.8. The van der Waals surface area contributed by atoms with Gasteiger partial charge in [0.25, 0.3) is 0 Å². The van der Waals surface area contributed by atoms with Gasteiger partial charge in [0, 0.05) is 56.8 Å². The van der Waals surface area contributed by atoms with Crippen LogP contribution in [-0.2, 0) is 4.79 Å². The molecule has 0 radical (unpaired) electrons. The molecule has 6 nitrogen and oxygen atoms in total. The Kier molecular flexibility index (Phi) is 8.14. The molecule has 6 aromatic rings. The molecule has 5 atom stereocenters. The number of nitrogens with zero attached hydrogens (tertiary/aromatic N) is 2. The molecule has 5 aliphatic rings. The lowest BCUT2D eigenvalue weighted by Gasteiger charge is -2.20. The van der Waals surface area contributed by atoms with Crippen LogP contribution in [0.1, 0.15) is 80.5 Å². The van der Waals surface area contributed by atoms with Crippen LogP contribution in [0, 0.1) is 65.2 Å². The second-order valence-electron chi connectivity index (χ2n) is 17.8. The van der Waals surface area contributed by atoms with E-state index in [1.807, 2.05) is 0 Å². The first-order valence-corrected chi connectivity index (χ1v) is 21.3. The monoisotopic (exact) mass is 771 g/mol. The highest BCUT2D eigenvalue weighted by Crippen LogP contribution is 2.62. The molecule has 3 aromatic heterocycles. The number of benzene rings is 3. The summed E-state index contributed by atoms with van der Waals surface area (Å²) in [4.78, 5) is 32.6. The number of carbonyl (C=O) groups is 1. The molecule has 3 aromatic carbocycles. The lowest BCUT2D eigenvalue weighted by atomic mass is 9.81. The minimum absolute atomic E-state index is 0.0646. The van der Waals surface area contributed by atoms with E-state index in [-0.39, 0.29) is 23.7 Å². The van der Waals surface area contributed by atoms with Crippen LogP contribution in [0.5, 0.6) is 0 Å². The van der Waals surface area contributed by atoms with Gasteiger partial charge in [-0.15, -0.1) is 0 Å². The molecule has 2 saturated carbocycles. The zero-order chi connectivity index (χ0) is 40.3. The number of aryl methyl sites for hydroxylation is 6. The van der Waals surface area contributed by atoms with Crippen molar-refractivity contribution >= 4 is 52.3 Å². The normalized spacial score (nSPS) is 21.4. The van der Waals surface area contributed by atoms with Gasteiger partial charge in [-0.3, -0.25) is 4.79 Å². The van der Waals surface area contributed by atoms with Crippen LogP contribution in [0.25, 0.3) is 79.8 Å². The molecule has 6 heterocycles. The molecule has 0 unspecified atom stereocenters. The molecule has 292 valence electrons. The summed E-state index contributed by atoms with van der Waals surface area (Å²) in [7, 11) is 0. The van der Waals surface area contributed by atoms with Crippen molar-refractivity contribution in [2.24, 2.45) is 23.7 Å². The van der Waals surface area contributed by atoms with Gasteiger partial charge in [0.15, 0.2) is 0 Å². The summed E-state index contributed by atoms with van der Waals surface area (Å²) in [6.07, 6.45) is 11.0. The van der Waals surface area contributed by atoms with Crippen molar-refractivity contribution in [2.75, 3.05) is 6.54 Å². The largest absolute Gasteiger partial charge is 0.356 e. The fourth-order valence-electron chi connectivity index (χ4n) is 12.1. The van der Waals surface area contributed by atoms with Crippen molar-refractivity contribution in [3.05, 3.63) is 141 Å². The smallest absolute Gasteiger partial charge is 0.223 e. The third-order valence-corrected chi connectivity index (χ3v) is 14.1. The Morgan fingerprint density at radius 2 is 0.966 bits per heavy atom. The van der Waals surface area contributed by atoms with E-state index in [2.05, 4.69) is 160 Å². The third kappa shape index (κ3) is 5.56. The predicted molar refractivity (Wildman–Crippen MR) is 243 cm³/mol. The number of aromatic amines is 2. The number of carbonyl (C=O) groups excluding carboxylic acids is 1. The minimum Gasteiger partial charge on any atom is -0.356 e. The van der Waals surface area contributed by atoms with Gasteiger partial charge >= 0.3 is 0 Å². The Balaban J connectivity index is 1.31. The van der Waals surface area contributed by atoms with Gasteiger partial charge in [-0.1, -0.05) is 65.7 Å². The molecule has 3 fully saturated rings. The Morgan fingerprint density at radius 3 is 1.54 bits per heavy atom. The molecule has 2 aliphatic carbocycles. The van der Waals surface area contributed by atoms with Gasteiger partial charge in [-0.05, 0) is 166 Å². The highest BCUT2D eigenvalue weighted by atomic mass is 16.2. The number of nitrogens with one attached hydrogen (secondary N) is 3. The van der Waals surface area contributed by atoms with Crippen molar-refractivity contribution in [1.82, 2.24) is 25.3 Å². The summed E-state index contributed by atoms with van der Waals surface area (Å²) in [6.45, 7) is 14.0. The molecule has 10 bridgehead atoms. The molecule has 1 amide bonds. The van der Waals surface area contributed by atoms with Crippen LogP contribution in [0.15, 0.2) is 78.9 Å². The molecule has 6 heteroatoms. The zero-order valence-corrected chi connectivity index (χ0v) is 34.6. The molecule has 1 saturated heterocycles. The number of amides is 1. The number of rotatable bonds is 4. The lowest BCUT2D eigenvalue weighted by Crippen LogP contribution is -2.25. The lowest BCUT2D eigenvalue weighted by molar-refractivity contribution is -0.124. The highest BCUT2D eigenvalue weighted by Gasteiger charge is 2.60. The van der Waals surface area contributed by atoms with Crippen molar-refractivity contribution in [2.45, 2.75) is 60.3 Å². The first kappa shape index (κ1) is 35.9. The summed E-state index contributed by atoms with van der Waals surface area (Å²) < 4.78 is 0. The fraction of sp³-hybridized carbons (Fsp3) is 0.264. The van der Waals surface area contributed by atoms with Crippen molar-refractivity contribution < 1.29 is 4.79 Å². The van der Waals surface area contributed by atoms with Gasteiger partial charge in [0.2, 0.25) is 5.91 Å². The van der Waals surface area contributed by atoms with Crippen LogP contribution in [0.3, 0.4) is 0 Å². The minimum atomic E-state index is 0.0646. The summed E-state index contributed by atoms with van der Waals surface area (Å²) in [5.41, 5.74) is 23.2. The van der Waals surface area contributed by atoms with E-state index in [1.54, 1.807) is 0 Å². The molecule has 3 N–H and O–H groups in total. The molecule has 59 heavy (non-hydrogen) atoms. The summed E-state index contributed by atoms with van der Waals surface area (Å²) in [6, 6.07) is 28.7. The summed E-state index contributed by atoms with van der Waals surface area (Å²) in [5, 5.41) is 3.23. The molecule has 3 aliphatic heterocycles. The average Bonchev–Trinajstić information content (AvgIpc) is 4.06. The highest BCUT2D eigenvalue weighted by molar-refractivity contribution is 5.99. The van der Waals surface area contributed by atoms with E-state index in [9.17, 15) is 4.79 Å². The molecular weight excluding hydrogens is 723 g/mol. The fourth-order valence-corrected chi connectivity index (χ4v) is 12.1. The van der Waals surface area contributed by atoms with E-state index < -0.39 is 0 Å². The topological polar surface area (TPSA) is 86.5 Å². The maximum Gasteiger partial charge on any atom is 0.223 e. The van der Waals surface area contributed by atoms with Crippen molar-refractivity contribution in [1.29, 1.82) is 0 Å². The SMILES string of the molecule is Cc1cc(C)c(-c2c3nc(c([C@H]4[C@@H]5CC[C@H]4[C@@H]4C(=O)NC[C@@H]54)c4ccc([nH]4)c(-c4c(C)cc(C)cc4C)c4nc(c(-c5ccccc5)c5ccc2[nH]5)C=C4)C=C3)c(C)c1. The quantitative estimate of drug-likeness (QED) is 0.166. The molecule has 0 spiro atoms. The Hall–Kier alpha value is -6.27. The van der Waals surface area contributed by atoms with Crippen LogP contribution in [0.2, 0.25) is 0 Å². The van der Waals surface area contributed by atoms with E-state index in [0.717, 1.165) is 86.5 Å². The van der Waals surface area contributed by atoms with Crippen LogP contribution >= 0.6 is 0 Å². The van der Waals surface area contributed by atoms with Crippen LogP contribution < -0.4 is 5.32 Å². The summed E-state index contributed by atoms with van der Waals surface area (Å²) >= 11 is 0. The van der Waals surface area contributed by atoms with Crippen LogP contribution in [-0.4, -0.2) is 32.4 Å². The zero-order valence-electron chi connectivity index (χ0n) is 34.6. The van der Waals surface area contributed by atoms with E-state index in [0.29, 0.717) is 11.8 Å². The van der Waals surface area contributed by atoms with Crippen molar-refractivity contribution in [3.63, 3.8) is 0 Å². The number of aromatic nitrogens is 4. The first-order valence-electron chi connectivity index (χ1n) is 21.3. The number of fused-ring (bicyclic) bond motifs is 13. The van der Waals surface area contributed by atoms with Gasteiger partial charge in [0.05, 0.1) is 22.8 Å². The van der Waals surface area contributed by atoms with E-state index >= 15 is 0 Å². The standard InChI is InChI=1S/C53H49N5O/c1-27-22-29(3)45(30(4)23-27)50-39-16-14-37(55-39)47(33-10-8-7-9-11-33)38-15-17-40(56-38)51(46-31(5)24-28(2)25-32(46)6)42-19-21-44(58-42)52(43-20-18-41(50)57-43)48-34-12-13-35(48)49-36(34)26-54-53(49)59/h7-11,14-25,34-36,48-49,55,58H,12-13,26H2,1-6H3,(H,54,59)/t34-,35-,36+,48+,49+/m1/s1. The third-order valence-electron chi connectivity index (χ3n) is 14.1. The van der Waals surface area contributed by atoms with E-state index in [1.165, 1.54) is 50.1 Å². The van der Waals surface area contributed by atoms with Gasteiger partial charge in [0.1, 0.15) is 0 Å². The first-order chi connectivity index (χ1) is 28.6. The Morgan fingerprint density at radius 1 is 0.492 bits per heavy atom. The second kappa shape index (κ2) is 13.4. The predicted octanol–water partition coefficient (Wildman–Crippen LogP) is 12.0. The van der Waals surface area contributed by atoms with E-state index in [4.69, 9.17) is 9.97 Å². The van der Waals surface area contributed by atoms with Gasteiger partial charge in [-0.25, -0.2) is 9.97 Å². The Bertz CT molecular complexity index is 2910. The maximum absolute atomic E-state index is 13.4. The average molecular weight is 772 g/mol. The van der Waals surface area contributed by atoms with Gasteiger partial charge in [-0.2, -0.15) is 0 Å². The van der Waals surface area contributed by atoms with Crippen LogP contribution in [0.4, 0.5) is 0 Å². The molecular formula is C53H49N5O. The van der Waals surface area contributed by atoms with Gasteiger partial charge < -0.3 is 15.3 Å². The molecule has 11 rings (SSSR count). The number of H-pyrrole nitrogens is 2. The maximum atomic E-state index is 13.4.